The van der Waals surface area contributed by atoms with Crippen LogP contribution in [0.25, 0.3) is 0 Å². The minimum Gasteiger partial charge on any atom is -0.382 e. The smallest absolute Gasteiger partial charge is 0.382 e. The van der Waals surface area contributed by atoms with Gasteiger partial charge in [0.25, 0.3) is 0 Å². The summed E-state index contributed by atoms with van der Waals surface area (Å²) in [6, 6.07) is 0. The first-order valence-corrected chi connectivity index (χ1v) is 4.07. The van der Waals surface area contributed by atoms with Gasteiger partial charge in [-0.3, -0.25) is 0 Å². The maximum absolute atomic E-state index is 12.9. The molecule has 1 rings (SSSR count). The second-order valence-electron chi connectivity index (χ2n) is 2.86. The molecule has 1 atom stereocenters. The number of aliphatic hydroxyl groups excluding tert-OH is 1. The van der Waals surface area contributed by atoms with Crippen LogP contribution in [0, 0.1) is 5.82 Å². The third-order valence-corrected chi connectivity index (χ3v) is 1.60. The second-order valence-corrected chi connectivity index (χ2v) is 2.86. The number of nitrogen functional groups attached to an aromatic ring is 1. The number of nitrogens with one attached hydrogen (secondary N) is 1. The van der Waals surface area contributed by atoms with Crippen LogP contribution in [-0.2, 0) is 0 Å². The highest BCUT2D eigenvalue weighted by Gasteiger charge is 2.38. The molecule has 16 heavy (non-hydrogen) atoms. The predicted octanol–water partition coefficient (Wildman–Crippen LogP) is 0.533. The van der Waals surface area contributed by atoms with E-state index in [1.54, 1.807) is 0 Å². The molecule has 90 valence electrons. The van der Waals surface area contributed by atoms with E-state index >= 15 is 0 Å². The Bertz CT molecular complexity index is 370. The van der Waals surface area contributed by atoms with E-state index < -0.39 is 30.5 Å². The van der Waals surface area contributed by atoms with Crippen molar-refractivity contribution in [1.29, 1.82) is 0 Å². The molecule has 0 aliphatic rings. The van der Waals surface area contributed by atoms with E-state index in [1.165, 1.54) is 0 Å². The minimum absolute atomic E-state index is 0.287. The zero-order valence-electron chi connectivity index (χ0n) is 7.79. The summed E-state index contributed by atoms with van der Waals surface area (Å²) >= 11 is 0. The van der Waals surface area contributed by atoms with Crippen molar-refractivity contribution in [2.24, 2.45) is 0 Å². The molecule has 0 amide bonds. The lowest BCUT2D eigenvalue weighted by atomic mass is 10.3. The largest absolute Gasteiger partial charge is 0.416 e. The zero-order valence-corrected chi connectivity index (χ0v) is 7.79. The summed E-state index contributed by atoms with van der Waals surface area (Å²) in [6.45, 7) is -0.920. The van der Waals surface area contributed by atoms with Gasteiger partial charge in [0.2, 0.25) is 5.95 Å². The van der Waals surface area contributed by atoms with Crippen molar-refractivity contribution in [3.63, 3.8) is 0 Å². The van der Waals surface area contributed by atoms with Gasteiger partial charge in [0, 0.05) is 0 Å². The molecule has 1 aromatic rings. The van der Waals surface area contributed by atoms with Crippen LogP contribution in [0.5, 0.6) is 0 Å². The first-order valence-electron chi connectivity index (χ1n) is 4.07. The van der Waals surface area contributed by atoms with Crippen LogP contribution < -0.4 is 11.1 Å². The van der Waals surface area contributed by atoms with Crippen LogP contribution in [0.2, 0.25) is 0 Å². The van der Waals surface area contributed by atoms with Crippen molar-refractivity contribution in [2.45, 2.75) is 12.3 Å². The van der Waals surface area contributed by atoms with E-state index in [9.17, 15) is 17.6 Å². The highest BCUT2D eigenvalue weighted by Crippen LogP contribution is 2.20. The highest BCUT2D eigenvalue weighted by molar-refractivity contribution is 5.39. The van der Waals surface area contributed by atoms with Gasteiger partial charge in [-0.05, 0) is 0 Å². The number of aliphatic hydroxyl groups is 1. The Morgan fingerprint density at radius 3 is 2.69 bits per heavy atom. The molecule has 1 heterocycles. The van der Waals surface area contributed by atoms with E-state index in [0.717, 1.165) is 0 Å². The van der Waals surface area contributed by atoms with Gasteiger partial charge in [-0.25, -0.2) is 9.37 Å². The molecule has 0 aliphatic heterocycles. The summed E-state index contributed by atoms with van der Waals surface area (Å²) in [6.07, 6.45) is -6.67. The normalized spacial score (nSPS) is 13.6. The van der Waals surface area contributed by atoms with Crippen molar-refractivity contribution >= 4 is 11.8 Å². The molecule has 0 radical (unpaired) electrons. The number of alkyl halides is 3. The van der Waals surface area contributed by atoms with Crippen molar-refractivity contribution in [3.05, 3.63) is 12.0 Å². The summed E-state index contributed by atoms with van der Waals surface area (Å²) in [7, 11) is 0. The zero-order chi connectivity index (χ0) is 12.3. The van der Waals surface area contributed by atoms with Gasteiger partial charge in [0.15, 0.2) is 17.7 Å². The molecule has 9 heteroatoms. The van der Waals surface area contributed by atoms with Gasteiger partial charge in [0.1, 0.15) is 0 Å². The van der Waals surface area contributed by atoms with Crippen LogP contribution in [0.4, 0.5) is 29.3 Å². The van der Waals surface area contributed by atoms with Crippen molar-refractivity contribution < 1.29 is 22.7 Å². The number of halogens is 4. The Kier molecular flexibility index (Phi) is 3.48. The van der Waals surface area contributed by atoms with Gasteiger partial charge < -0.3 is 16.2 Å². The van der Waals surface area contributed by atoms with Crippen LogP contribution in [-0.4, -0.2) is 33.9 Å². The summed E-state index contributed by atoms with van der Waals surface area (Å²) in [5, 5.41) is 10.6. The Balaban J connectivity index is 2.64. The molecule has 0 spiro atoms. The number of aromatic nitrogens is 2. The Morgan fingerprint density at radius 2 is 2.12 bits per heavy atom. The van der Waals surface area contributed by atoms with Gasteiger partial charge >= 0.3 is 6.18 Å². The SMILES string of the molecule is Nc1ncc(F)c(NCC(O)C(F)(F)F)n1. The van der Waals surface area contributed by atoms with Crippen LogP contribution in [0.3, 0.4) is 0 Å². The molecular formula is C7H8F4N4O. The fourth-order valence-corrected chi connectivity index (χ4v) is 0.814. The molecule has 1 aromatic heterocycles. The Morgan fingerprint density at radius 1 is 1.50 bits per heavy atom. The molecular weight excluding hydrogens is 232 g/mol. The predicted molar refractivity (Wildman–Crippen MR) is 47.0 cm³/mol. The van der Waals surface area contributed by atoms with Gasteiger partial charge in [0.05, 0.1) is 12.7 Å². The molecule has 0 aromatic carbocycles. The summed E-state index contributed by atoms with van der Waals surface area (Å²) in [5.74, 6) is -1.73. The maximum atomic E-state index is 12.9. The van der Waals surface area contributed by atoms with Crippen molar-refractivity contribution in [2.75, 3.05) is 17.6 Å². The van der Waals surface area contributed by atoms with Crippen LogP contribution >= 0.6 is 0 Å². The molecule has 1 unspecified atom stereocenters. The molecule has 0 saturated heterocycles. The van der Waals surface area contributed by atoms with Gasteiger partial charge in [-0.1, -0.05) is 0 Å². The number of hydrogen-bond acceptors (Lipinski definition) is 5. The van der Waals surface area contributed by atoms with Crippen molar-refractivity contribution in [3.8, 4) is 0 Å². The first kappa shape index (κ1) is 12.4. The molecule has 0 fully saturated rings. The third-order valence-electron chi connectivity index (χ3n) is 1.60. The average Bonchev–Trinajstić information content (AvgIpc) is 2.17. The Hall–Kier alpha value is -1.64. The first-order chi connectivity index (χ1) is 7.30. The lowest BCUT2D eigenvalue weighted by Crippen LogP contribution is -2.35. The summed E-state index contributed by atoms with van der Waals surface area (Å²) < 4.78 is 48.6. The van der Waals surface area contributed by atoms with E-state index in [0.29, 0.717) is 6.20 Å². The third kappa shape index (κ3) is 3.19. The van der Waals surface area contributed by atoms with Gasteiger partial charge in [-0.15, -0.1) is 0 Å². The van der Waals surface area contributed by atoms with Crippen LogP contribution in [0.1, 0.15) is 0 Å². The summed E-state index contributed by atoms with van der Waals surface area (Å²) in [4.78, 5) is 6.61. The van der Waals surface area contributed by atoms with E-state index in [2.05, 4.69) is 9.97 Å². The average molecular weight is 240 g/mol. The lowest BCUT2D eigenvalue weighted by Gasteiger charge is -2.15. The number of nitrogens with zero attached hydrogens (tertiary/aromatic N) is 2. The molecule has 0 saturated carbocycles. The summed E-state index contributed by atoms with van der Waals surface area (Å²) in [5.41, 5.74) is 5.11. The molecule has 5 nitrogen and oxygen atoms in total. The number of nitrogens with two attached hydrogens (primary N) is 1. The van der Waals surface area contributed by atoms with E-state index in [4.69, 9.17) is 10.8 Å². The fourth-order valence-electron chi connectivity index (χ4n) is 0.814. The van der Waals surface area contributed by atoms with E-state index in [1.807, 2.05) is 5.32 Å². The lowest BCUT2D eigenvalue weighted by molar-refractivity contribution is -0.198. The molecule has 0 bridgehead atoms. The number of hydrogen-bond donors (Lipinski definition) is 3. The molecule has 0 aliphatic carbocycles. The quantitative estimate of drug-likeness (QED) is 0.671. The van der Waals surface area contributed by atoms with Crippen molar-refractivity contribution in [1.82, 2.24) is 9.97 Å². The monoisotopic (exact) mass is 240 g/mol. The maximum Gasteiger partial charge on any atom is 0.416 e. The molecule has 4 N–H and O–H groups in total. The standard InChI is InChI=1S/C7H8F4N4O/c8-3-1-14-6(12)15-5(3)13-2-4(16)7(9,10)11/h1,4,16H,2H2,(H3,12,13,14,15). The highest BCUT2D eigenvalue weighted by atomic mass is 19.4. The van der Waals surface area contributed by atoms with E-state index in [-0.39, 0.29) is 5.95 Å². The van der Waals surface area contributed by atoms with Gasteiger partial charge in [-0.2, -0.15) is 18.2 Å². The topological polar surface area (TPSA) is 84.1 Å². The number of rotatable bonds is 3. The van der Waals surface area contributed by atoms with Crippen LogP contribution in [0.15, 0.2) is 6.20 Å². The number of anilines is 2. The second kappa shape index (κ2) is 4.47. The fraction of sp³-hybridized carbons (Fsp3) is 0.429. The minimum atomic E-state index is -4.78. The Labute approximate surface area is 87.3 Å².